The quantitative estimate of drug-likeness (QED) is 0.170. The maximum absolute atomic E-state index is 6.12. The lowest BCUT2D eigenvalue weighted by molar-refractivity contribution is -0.0988. The summed E-state index contributed by atoms with van der Waals surface area (Å²) in [4.78, 5) is 0. The number of hydrogen-bond donors (Lipinski definition) is 0. The van der Waals surface area contributed by atoms with E-state index in [0.717, 1.165) is 13.0 Å². The van der Waals surface area contributed by atoms with E-state index in [9.17, 15) is 0 Å². The summed E-state index contributed by atoms with van der Waals surface area (Å²) in [7, 11) is -1.39. The zero-order valence-corrected chi connectivity index (χ0v) is 20.0. The van der Waals surface area contributed by atoms with Crippen molar-refractivity contribution in [1.29, 1.82) is 0 Å². The summed E-state index contributed by atoms with van der Waals surface area (Å²) >= 11 is 0. The zero-order chi connectivity index (χ0) is 19.6. The summed E-state index contributed by atoms with van der Waals surface area (Å²) in [6.07, 6.45) is 25.2. The van der Waals surface area contributed by atoms with Crippen molar-refractivity contribution in [3.8, 4) is 0 Å². The molecule has 0 bridgehead atoms. The van der Waals surface area contributed by atoms with Crippen LogP contribution in [0.25, 0.3) is 0 Å². The first-order chi connectivity index (χ1) is 13.1. The molecule has 0 saturated carbocycles. The lowest BCUT2D eigenvalue weighted by Gasteiger charge is -2.34. The Kier molecular flexibility index (Phi) is 15.9. The van der Waals surface area contributed by atoms with Crippen LogP contribution in [0.1, 0.15) is 122 Å². The van der Waals surface area contributed by atoms with Gasteiger partial charge in [-0.3, -0.25) is 0 Å². The molecule has 1 rings (SSSR count). The first-order valence-corrected chi connectivity index (χ1v) is 15.5. The van der Waals surface area contributed by atoms with E-state index in [0.29, 0.717) is 0 Å². The third kappa shape index (κ3) is 15.7. The highest BCUT2D eigenvalue weighted by atomic mass is 28.4. The molecule has 3 heteroatoms. The van der Waals surface area contributed by atoms with Gasteiger partial charge >= 0.3 is 0 Å². The molecule has 1 aliphatic heterocycles. The van der Waals surface area contributed by atoms with Crippen molar-refractivity contribution >= 4 is 8.32 Å². The minimum absolute atomic E-state index is 0.108. The average molecular weight is 399 g/mol. The van der Waals surface area contributed by atoms with Crippen LogP contribution >= 0.6 is 0 Å². The second kappa shape index (κ2) is 17.0. The van der Waals surface area contributed by atoms with E-state index < -0.39 is 8.32 Å². The summed E-state index contributed by atoms with van der Waals surface area (Å²) in [6, 6.07) is 1.30. The topological polar surface area (TPSA) is 18.5 Å². The van der Waals surface area contributed by atoms with Crippen LogP contribution in [-0.4, -0.2) is 21.2 Å². The maximum atomic E-state index is 6.12. The molecule has 1 saturated heterocycles. The fourth-order valence-electron chi connectivity index (χ4n) is 4.15. The van der Waals surface area contributed by atoms with Crippen molar-refractivity contribution in [1.82, 2.24) is 0 Å². The first-order valence-electron chi connectivity index (χ1n) is 12.4. The van der Waals surface area contributed by atoms with Crippen molar-refractivity contribution < 1.29 is 9.16 Å². The third-order valence-electron chi connectivity index (χ3n) is 5.97. The summed E-state index contributed by atoms with van der Waals surface area (Å²) < 4.78 is 12.1. The fraction of sp³-hybridized carbons (Fsp3) is 1.00. The molecule has 0 radical (unpaired) electrons. The molecule has 0 aliphatic carbocycles. The second-order valence-corrected chi connectivity index (χ2v) is 13.6. The van der Waals surface area contributed by atoms with Crippen LogP contribution in [0.4, 0.5) is 0 Å². The molecule has 0 aromatic heterocycles. The minimum atomic E-state index is -1.39. The smallest absolute Gasteiger partial charge is 0.190 e. The van der Waals surface area contributed by atoms with Gasteiger partial charge in [0.25, 0.3) is 0 Å². The molecule has 27 heavy (non-hydrogen) atoms. The molecule has 0 N–H and O–H groups in total. The highest BCUT2D eigenvalue weighted by Crippen LogP contribution is 2.26. The van der Waals surface area contributed by atoms with Crippen LogP contribution in [0, 0.1) is 0 Å². The lowest BCUT2D eigenvalue weighted by atomic mass is 10.0. The molecular formula is C24H50O2Si. The molecule has 1 unspecified atom stereocenters. The normalized spacial score (nSPS) is 19.4. The van der Waals surface area contributed by atoms with Crippen molar-refractivity contribution in [3.63, 3.8) is 0 Å². The predicted molar refractivity (Wildman–Crippen MR) is 122 cm³/mol. The SMILES string of the molecule is CCCCCCCCCCCCCCCCCCOC1CCC[Si](C)(C)O1. The van der Waals surface area contributed by atoms with Crippen molar-refractivity contribution in [2.75, 3.05) is 6.61 Å². The van der Waals surface area contributed by atoms with Crippen molar-refractivity contribution in [2.45, 2.75) is 148 Å². The van der Waals surface area contributed by atoms with Gasteiger partial charge in [0.05, 0.1) is 0 Å². The molecule has 1 fully saturated rings. The summed E-state index contributed by atoms with van der Waals surface area (Å²) in [5, 5.41) is 0. The van der Waals surface area contributed by atoms with E-state index in [1.165, 1.54) is 115 Å². The van der Waals surface area contributed by atoms with E-state index in [1.54, 1.807) is 0 Å². The van der Waals surface area contributed by atoms with Crippen molar-refractivity contribution in [3.05, 3.63) is 0 Å². The van der Waals surface area contributed by atoms with Gasteiger partial charge in [-0.1, -0.05) is 103 Å². The Morgan fingerprint density at radius 1 is 0.704 bits per heavy atom. The van der Waals surface area contributed by atoms with Gasteiger partial charge in [-0.05, 0) is 38.4 Å². The maximum Gasteiger partial charge on any atom is 0.190 e. The molecule has 2 nitrogen and oxygen atoms in total. The van der Waals surface area contributed by atoms with E-state index in [2.05, 4.69) is 20.0 Å². The number of hydrogen-bond acceptors (Lipinski definition) is 2. The van der Waals surface area contributed by atoms with Crippen LogP contribution in [-0.2, 0) is 9.16 Å². The van der Waals surface area contributed by atoms with Gasteiger partial charge in [-0.25, -0.2) is 0 Å². The number of unbranched alkanes of at least 4 members (excludes halogenated alkanes) is 15. The van der Waals surface area contributed by atoms with Gasteiger partial charge in [-0.2, -0.15) is 0 Å². The molecule has 1 aliphatic rings. The summed E-state index contributed by atoms with van der Waals surface area (Å²) in [6.45, 7) is 7.83. The van der Waals surface area contributed by atoms with Gasteiger partial charge in [-0.15, -0.1) is 0 Å². The lowest BCUT2D eigenvalue weighted by Crippen LogP contribution is -2.40. The molecule has 0 aromatic carbocycles. The van der Waals surface area contributed by atoms with E-state index in [4.69, 9.17) is 9.16 Å². The zero-order valence-electron chi connectivity index (χ0n) is 19.0. The Balaban J connectivity index is 1.72. The average Bonchev–Trinajstić information content (AvgIpc) is 2.63. The molecule has 1 heterocycles. The molecular weight excluding hydrogens is 348 g/mol. The van der Waals surface area contributed by atoms with Gasteiger partial charge < -0.3 is 9.16 Å². The summed E-state index contributed by atoms with van der Waals surface area (Å²) in [5.41, 5.74) is 0. The van der Waals surface area contributed by atoms with Gasteiger partial charge in [0.15, 0.2) is 8.32 Å². The van der Waals surface area contributed by atoms with Gasteiger partial charge in [0.2, 0.25) is 0 Å². The van der Waals surface area contributed by atoms with Gasteiger partial charge in [0, 0.05) is 6.61 Å². The summed E-state index contributed by atoms with van der Waals surface area (Å²) in [5.74, 6) is 0. The third-order valence-corrected chi connectivity index (χ3v) is 8.43. The van der Waals surface area contributed by atoms with E-state index >= 15 is 0 Å². The Hall–Kier alpha value is 0.137. The second-order valence-electron chi connectivity index (χ2n) is 9.37. The molecule has 0 amide bonds. The van der Waals surface area contributed by atoms with Crippen LogP contribution in [0.2, 0.25) is 19.1 Å². The van der Waals surface area contributed by atoms with Crippen LogP contribution < -0.4 is 0 Å². The number of rotatable bonds is 18. The molecule has 0 aromatic rings. The van der Waals surface area contributed by atoms with Crippen LogP contribution in [0.5, 0.6) is 0 Å². The fourth-order valence-corrected chi connectivity index (χ4v) is 6.22. The first kappa shape index (κ1) is 25.2. The standard InChI is InChI=1S/C24H50O2Si/c1-4-5-6-7-8-9-10-11-12-13-14-15-16-17-18-19-22-25-24-21-20-23-27(2,3)26-24/h24H,4-23H2,1-3H3. The van der Waals surface area contributed by atoms with E-state index in [1.807, 2.05) is 0 Å². The monoisotopic (exact) mass is 398 g/mol. The predicted octanol–water partition coefficient (Wildman–Crippen LogP) is 8.61. The minimum Gasteiger partial charge on any atom is -0.393 e. The Morgan fingerprint density at radius 2 is 1.15 bits per heavy atom. The van der Waals surface area contributed by atoms with E-state index in [-0.39, 0.29) is 6.29 Å². The Bertz CT molecular complexity index is 320. The molecule has 162 valence electrons. The van der Waals surface area contributed by atoms with Gasteiger partial charge in [0.1, 0.15) is 6.29 Å². The van der Waals surface area contributed by atoms with Crippen molar-refractivity contribution in [2.24, 2.45) is 0 Å². The Morgan fingerprint density at radius 3 is 1.59 bits per heavy atom. The highest BCUT2D eigenvalue weighted by Gasteiger charge is 2.31. The highest BCUT2D eigenvalue weighted by molar-refractivity contribution is 6.71. The number of ether oxygens (including phenoxy) is 1. The Labute approximate surface area is 172 Å². The van der Waals surface area contributed by atoms with Crippen LogP contribution in [0.3, 0.4) is 0 Å². The molecule has 0 spiro atoms. The van der Waals surface area contributed by atoms with Crippen LogP contribution in [0.15, 0.2) is 0 Å². The largest absolute Gasteiger partial charge is 0.393 e. The molecule has 1 atom stereocenters.